The molecule has 0 heterocycles. The molecule has 0 bridgehead atoms. The molecule has 72 valence electrons. The Kier molecular flexibility index (Phi) is 3.04. The predicted molar refractivity (Wildman–Crippen MR) is 56.5 cm³/mol. The second-order valence-corrected chi connectivity index (χ2v) is 3.67. The molecular formula is C10H14ClNO. The zero-order valence-electron chi connectivity index (χ0n) is 8.10. The van der Waals surface area contributed by atoms with Gasteiger partial charge in [0.1, 0.15) is 5.75 Å². The highest BCUT2D eigenvalue weighted by Gasteiger charge is 2.09. The number of benzene rings is 1. The van der Waals surface area contributed by atoms with Gasteiger partial charge in [-0.3, -0.25) is 0 Å². The van der Waals surface area contributed by atoms with E-state index in [1.54, 1.807) is 13.2 Å². The van der Waals surface area contributed by atoms with E-state index in [-0.39, 0.29) is 0 Å². The Morgan fingerprint density at radius 3 is 2.46 bits per heavy atom. The van der Waals surface area contributed by atoms with E-state index in [2.05, 4.69) is 13.8 Å². The molecule has 0 aromatic heterocycles. The third kappa shape index (κ3) is 2.07. The molecule has 0 aliphatic carbocycles. The molecule has 1 aromatic rings. The van der Waals surface area contributed by atoms with Gasteiger partial charge in [-0.15, -0.1) is 0 Å². The number of halogens is 1. The lowest BCUT2D eigenvalue weighted by molar-refractivity contribution is 0.414. The zero-order chi connectivity index (χ0) is 10.0. The fourth-order valence-corrected chi connectivity index (χ4v) is 1.43. The normalized spacial score (nSPS) is 10.5. The van der Waals surface area contributed by atoms with Gasteiger partial charge in [0, 0.05) is 6.07 Å². The number of methoxy groups -OCH3 is 1. The molecule has 0 fully saturated rings. The lowest BCUT2D eigenvalue weighted by Crippen LogP contribution is -1.98. The van der Waals surface area contributed by atoms with Crippen molar-refractivity contribution >= 4 is 17.3 Å². The highest BCUT2D eigenvalue weighted by molar-refractivity contribution is 6.33. The van der Waals surface area contributed by atoms with Gasteiger partial charge in [-0.2, -0.15) is 0 Å². The van der Waals surface area contributed by atoms with E-state index in [9.17, 15) is 0 Å². The highest BCUT2D eigenvalue weighted by atomic mass is 35.5. The van der Waals surface area contributed by atoms with Gasteiger partial charge in [-0.1, -0.05) is 25.4 Å². The Morgan fingerprint density at radius 1 is 1.38 bits per heavy atom. The van der Waals surface area contributed by atoms with E-state index in [1.807, 2.05) is 6.07 Å². The van der Waals surface area contributed by atoms with Crippen molar-refractivity contribution in [2.75, 3.05) is 12.8 Å². The number of nitrogens with two attached hydrogens (primary N) is 1. The third-order valence-corrected chi connectivity index (χ3v) is 2.31. The highest BCUT2D eigenvalue weighted by Crippen LogP contribution is 2.32. The average molecular weight is 200 g/mol. The van der Waals surface area contributed by atoms with E-state index >= 15 is 0 Å². The second kappa shape index (κ2) is 3.88. The van der Waals surface area contributed by atoms with Crippen molar-refractivity contribution in [3.8, 4) is 5.75 Å². The molecule has 0 saturated heterocycles. The summed E-state index contributed by atoms with van der Waals surface area (Å²) in [6, 6.07) is 3.65. The van der Waals surface area contributed by atoms with Crippen LogP contribution < -0.4 is 10.5 Å². The average Bonchev–Trinajstić information content (AvgIpc) is 2.09. The molecule has 0 unspecified atom stereocenters. The van der Waals surface area contributed by atoms with Gasteiger partial charge in [0.25, 0.3) is 0 Å². The molecule has 0 saturated carbocycles. The van der Waals surface area contributed by atoms with Gasteiger partial charge < -0.3 is 10.5 Å². The van der Waals surface area contributed by atoms with Crippen LogP contribution in [0.5, 0.6) is 5.75 Å². The van der Waals surface area contributed by atoms with Gasteiger partial charge in [-0.05, 0) is 17.5 Å². The summed E-state index contributed by atoms with van der Waals surface area (Å²) in [5, 5.41) is 0.558. The molecule has 3 heteroatoms. The fraction of sp³-hybridized carbons (Fsp3) is 0.400. The van der Waals surface area contributed by atoms with E-state index in [0.29, 0.717) is 16.6 Å². The second-order valence-electron chi connectivity index (χ2n) is 3.27. The van der Waals surface area contributed by atoms with Crippen LogP contribution in [0.4, 0.5) is 5.69 Å². The van der Waals surface area contributed by atoms with Crippen molar-refractivity contribution in [2.24, 2.45) is 0 Å². The van der Waals surface area contributed by atoms with Crippen LogP contribution in [-0.4, -0.2) is 7.11 Å². The molecule has 0 aliphatic heterocycles. The number of hydrogen-bond donors (Lipinski definition) is 1. The van der Waals surface area contributed by atoms with E-state index in [1.165, 1.54) is 0 Å². The number of rotatable bonds is 2. The maximum atomic E-state index is 5.94. The summed E-state index contributed by atoms with van der Waals surface area (Å²) in [7, 11) is 1.62. The van der Waals surface area contributed by atoms with Gasteiger partial charge >= 0.3 is 0 Å². The van der Waals surface area contributed by atoms with Crippen molar-refractivity contribution < 1.29 is 4.74 Å². The Balaban J connectivity index is 3.25. The van der Waals surface area contributed by atoms with Gasteiger partial charge in [0.2, 0.25) is 0 Å². The monoisotopic (exact) mass is 199 g/mol. The Hall–Kier alpha value is -0.890. The minimum absolute atomic E-state index is 0.354. The quantitative estimate of drug-likeness (QED) is 0.744. The first kappa shape index (κ1) is 10.2. The van der Waals surface area contributed by atoms with Crippen LogP contribution in [0.2, 0.25) is 5.02 Å². The smallest absolute Gasteiger partial charge is 0.120 e. The minimum Gasteiger partial charge on any atom is -0.497 e. The molecule has 0 aliphatic rings. The van der Waals surface area contributed by atoms with Gasteiger partial charge in [0.15, 0.2) is 0 Å². The molecule has 2 nitrogen and oxygen atoms in total. The van der Waals surface area contributed by atoms with E-state index in [0.717, 1.165) is 11.3 Å². The summed E-state index contributed by atoms with van der Waals surface area (Å²) < 4.78 is 5.10. The Bertz CT molecular complexity index is 310. The lowest BCUT2D eigenvalue weighted by Gasteiger charge is -2.12. The number of ether oxygens (including phenoxy) is 1. The minimum atomic E-state index is 0.354. The zero-order valence-corrected chi connectivity index (χ0v) is 8.85. The van der Waals surface area contributed by atoms with Gasteiger partial charge in [0.05, 0.1) is 17.8 Å². The fourth-order valence-electron chi connectivity index (χ4n) is 1.21. The van der Waals surface area contributed by atoms with E-state index < -0.39 is 0 Å². The predicted octanol–water partition coefficient (Wildman–Crippen LogP) is 3.05. The molecule has 2 N–H and O–H groups in total. The summed E-state index contributed by atoms with van der Waals surface area (Å²) in [6.07, 6.45) is 0. The van der Waals surface area contributed by atoms with Crippen molar-refractivity contribution in [1.29, 1.82) is 0 Å². The maximum absolute atomic E-state index is 5.94. The number of hydrogen-bond acceptors (Lipinski definition) is 2. The van der Waals surface area contributed by atoms with Crippen molar-refractivity contribution in [3.63, 3.8) is 0 Å². The first-order chi connectivity index (χ1) is 6.06. The molecular weight excluding hydrogens is 186 g/mol. The third-order valence-electron chi connectivity index (χ3n) is 1.99. The largest absolute Gasteiger partial charge is 0.497 e. The number of anilines is 1. The first-order valence-electron chi connectivity index (χ1n) is 4.19. The first-order valence-corrected chi connectivity index (χ1v) is 4.57. The van der Waals surface area contributed by atoms with Crippen LogP contribution in [0.25, 0.3) is 0 Å². The van der Waals surface area contributed by atoms with Crippen LogP contribution in [0, 0.1) is 0 Å². The topological polar surface area (TPSA) is 35.2 Å². The summed E-state index contributed by atoms with van der Waals surface area (Å²) in [6.45, 7) is 4.14. The molecule has 0 spiro atoms. The summed E-state index contributed by atoms with van der Waals surface area (Å²) >= 11 is 5.94. The SMILES string of the molecule is COc1cc(Cl)c(N)c(C(C)C)c1. The molecule has 0 amide bonds. The maximum Gasteiger partial charge on any atom is 0.120 e. The summed E-state index contributed by atoms with van der Waals surface area (Å²) in [5.41, 5.74) is 7.50. The van der Waals surface area contributed by atoms with Crippen LogP contribution in [0.3, 0.4) is 0 Å². The summed E-state index contributed by atoms with van der Waals surface area (Å²) in [5.74, 6) is 1.11. The van der Waals surface area contributed by atoms with Crippen LogP contribution in [0.15, 0.2) is 12.1 Å². The molecule has 13 heavy (non-hydrogen) atoms. The van der Waals surface area contributed by atoms with Crippen molar-refractivity contribution in [3.05, 3.63) is 22.7 Å². The molecule has 1 aromatic carbocycles. The lowest BCUT2D eigenvalue weighted by atomic mass is 10.0. The van der Waals surface area contributed by atoms with Crippen LogP contribution in [0.1, 0.15) is 25.3 Å². The van der Waals surface area contributed by atoms with Crippen molar-refractivity contribution in [2.45, 2.75) is 19.8 Å². The summed E-state index contributed by atoms with van der Waals surface area (Å²) in [4.78, 5) is 0. The van der Waals surface area contributed by atoms with E-state index in [4.69, 9.17) is 22.1 Å². The Morgan fingerprint density at radius 2 is 2.00 bits per heavy atom. The standard InChI is InChI=1S/C10H14ClNO/c1-6(2)8-4-7(13-3)5-9(11)10(8)12/h4-6H,12H2,1-3H3. The van der Waals surface area contributed by atoms with Gasteiger partial charge in [-0.25, -0.2) is 0 Å². The molecule has 0 atom stereocenters. The molecule has 1 rings (SSSR count). The van der Waals surface area contributed by atoms with Crippen LogP contribution >= 0.6 is 11.6 Å². The van der Waals surface area contributed by atoms with Crippen molar-refractivity contribution in [1.82, 2.24) is 0 Å². The number of nitrogen functional groups attached to an aromatic ring is 1. The van der Waals surface area contributed by atoms with Crippen LogP contribution in [-0.2, 0) is 0 Å². The molecule has 0 radical (unpaired) electrons. The Labute approximate surface area is 83.6 Å².